The maximum Gasteiger partial charge on any atom is 0.0636 e. The van der Waals surface area contributed by atoms with E-state index in [4.69, 9.17) is 0 Å². The van der Waals surface area contributed by atoms with Crippen LogP contribution in [0, 0.1) is 0 Å². The van der Waals surface area contributed by atoms with E-state index in [1.54, 1.807) is 0 Å². The molecule has 0 aromatic heterocycles. The number of nitrogens with one attached hydrogen (secondary N) is 1. The molecule has 0 radical (unpaired) electrons. The van der Waals surface area contributed by atoms with Crippen LogP contribution in [-0.4, -0.2) is 23.8 Å². The van der Waals surface area contributed by atoms with Gasteiger partial charge in [0.15, 0.2) is 0 Å². The molecule has 96 valence electrons. The number of aliphatic hydroxyl groups excluding tert-OH is 1. The van der Waals surface area contributed by atoms with Crippen LogP contribution in [0.15, 0.2) is 30.3 Å². The zero-order valence-corrected chi connectivity index (χ0v) is 11.4. The second-order valence-corrected chi connectivity index (χ2v) is 5.61. The monoisotopic (exact) mass is 235 g/mol. The van der Waals surface area contributed by atoms with E-state index in [-0.39, 0.29) is 11.5 Å². The van der Waals surface area contributed by atoms with Crippen LogP contribution >= 0.6 is 0 Å². The van der Waals surface area contributed by atoms with E-state index in [1.807, 2.05) is 6.92 Å². The Morgan fingerprint density at radius 3 is 2.29 bits per heavy atom. The third kappa shape index (κ3) is 4.88. The van der Waals surface area contributed by atoms with Gasteiger partial charge in [-0.25, -0.2) is 0 Å². The maximum atomic E-state index is 9.25. The molecule has 0 amide bonds. The normalized spacial score (nSPS) is 15.6. The van der Waals surface area contributed by atoms with Crippen LogP contribution in [0.5, 0.6) is 0 Å². The van der Waals surface area contributed by atoms with Gasteiger partial charge in [-0.05, 0) is 31.2 Å². The number of aliphatic hydroxyl groups is 1. The zero-order chi connectivity index (χ0) is 12.9. The summed E-state index contributed by atoms with van der Waals surface area (Å²) >= 11 is 0. The molecule has 0 aliphatic carbocycles. The van der Waals surface area contributed by atoms with Gasteiger partial charge in [0, 0.05) is 12.6 Å². The molecular formula is C15H25NO. The first-order chi connectivity index (χ1) is 7.92. The molecule has 0 spiro atoms. The summed E-state index contributed by atoms with van der Waals surface area (Å²) in [7, 11) is 0. The van der Waals surface area contributed by atoms with Crippen molar-refractivity contribution < 1.29 is 5.11 Å². The lowest BCUT2D eigenvalue weighted by atomic mass is 9.79. The van der Waals surface area contributed by atoms with Crippen molar-refractivity contribution in [3.63, 3.8) is 0 Å². The Bertz CT molecular complexity index is 319. The zero-order valence-electron chi connectivity index (χ0n) is 11.4. The quantitative estimate of drug-likeness (QED) is 0.794. The topological polar surface area (TPSA) is 32.3 Å². The van der Waals surface area contributed by atoms with Gasteiger partial charge in [0.25, 0.3) is 0 Å². The fourth-order valence-corrected chi connectivity index (χ4v) is 2.22. The van der Waals surface area contributed by atoms with Crippen molar-refractivity contribution in [1.82, 2.24) is 5.32 Å². The van der Waals surface area contributed by atoms with Crippen LogP contribution in [0.1, 0.15) is 39.7 Å². The smallest absolute Gasteiger partial charge is 0.0636 e. The Balaban J connectivity index is 2.54. The highest BCUT2D eigenvalue weighted by molar-refractivity contribution is 5.23. The van der Waals surface area contributed by atoms with Crippen molar-refractivity contribution in [2.75, 3.05) is 6.54 Å². The minimum absolute atomic E-state index is 0.159. The average Bonchev–Trinajstić information content (AvgIpc) is 2.27. The molecule has 2 heteroatoms. The number of rotatable bonds is 6. The van der Waals surface area contributed by atoms with Gasteiger partial charge in [-0.3, -0.25) is 0 Å². The van der Waals surface area contributed by atoms with Crippen LogP contribution in [0.2, 0.25) is 0 Å². The molecule has 2 atom stereocenters. The minimum atomic E-state index is -0.280. The Hall–Kier alpha value is -0.860. The molecule has 1 aromatic rings. The number of hydrogen-bond acceptors (Lipinski definition) is 2. The average molecular weight is 235 g/mol. The lowest BCUT2D eigenvalue weighted by molar-refractivity contribution is 0.184. The van der Waals surface area contributed by atoms with E-state index in [1.165, 1.54) is 5.56 Å². The third-order valence-corrected chi connectivity index (χ3v) is 3.13. The third-order valence-electron chi connectivity index (χ3n) is 3.13. The van der Waals surface area contributed by atoms with Gasteiger partial charge >= 0.3 is 0 Å². The second-order valence-electron chi connectivity index (χ2n) is 5.61. The van der Waals surface area contributed by atoms with Crippen LogP contribution in [-0.2, 0) is 5.41 Å². The summed E-state index contributed by atoms with van der Waals surface area (Å²) < 4.78 is 0. The lowest BCUT2D eigenvalue weighted by Gasteiger charge is -2.29. The van der Waals surface area contributed by atoms with Crippen molar-refractivity contribution in [2.45, 2.75) is 51.7 Å². The van der Waals surface area contributed by atoms with E-state index in [9.17, 15) is 5.11 Å². The lowest BCUT2D eigenvalue weighted by Crippen LogP contribution is -2.36. The van der Waals surface area contributed by atoms with E-state index in [0.717, 1.165) is 6.42 Å². The molecule has 1 rings (SSSR count). The molecule has 0 heterocycles. The molecule has 2 N–H and O–H groups in total. The SMILES string of the molecule is CC(O)CNC(C)CC(C)(C)c1ccccc1. The predicted octanol–water partition coefficient (Wildman–Crippen LogP) is 2.71. The maximum absolute atomic E-state index is 9.25. The van der Waals surface area contributed by atoms with Gasteiger partial charge < -0.3 is 10.4 Å². The van der Waals surface area contributed by atoms with Crippen molar-refractivity contribution in [3.05, 3.63) is 35.9 Å². The summed E-state index contributed by atoms with van der Waals surface area (Å²) in [6.45, 7) is 9.17. The van der Waals surface area contributed by atoms with Gasteiger partial charge in [-0.1, -0.05) is 44.2 Å². The first-order valence-corrected chi connectivity index (χ1v) is 6.39. The molecule has 0 aliphatic rings. The van der Waals surface area contributed by atoms with E-state index in [2.05, 4.69) is 56.4 Å². The second kappa shape index (κ2) is 6.18. The van der Waals surface area contributed by atoms with E-state index in [0.29, 0.717) is 12.6 Å². The Morgan fingerprint density at radius 1 is 1.18 bits per heavy atom. The highest BCUT2D eigenvalue weighted by Crippen LogP contribution is 2.27. The molecule has 0 aliphatic heterocycles. The first kappa shape index (κ1) is 14.2. The van der Waals surface area contributed by atoms with Crippen LogP contribution < -0.4 is 5.32 Å². The molecule has 17 heavy (non-hydrogen) atoms. The highest BCUT2D eigenvalue weighted by Gasteiger charge is 2.22. The summed E-state index contributed by atoms with van der Waals surface area (Å²) in [6, 6.07) is 11.0. The van der Waals surface area contributed by atoms with Crippen molar-refractivity contribution >= 4 is 0 Å². The Kier molecular flexibility index (Phi) is 5.16. The van der Waals surface area contributed by atoms with Crippen molar-refractivity contribution in [3.8, 4) is 0 Å². The summed E-state index contributed by atoms with van der Waals surface area (Å²) in [6.07, 6.45) is 0.779. The molecule has 2 nitrogen and oxygen atoms in total. The van der Waals surface area contributed by atoms with E-state index >= 15 is 0 Å². The fraction of sp³-hybridized carbons (Fsp3) is 0.600. The van der Waals surface area contributed by atoms with E-state index < -0.39 is 0 Å². The van der Waals surface area contributed by atoms with Crippen LogP contribution in [0.25, 0.3) is 0 Å². The minimum Gasteiger partial charge on any atom is -0.392 e. The largest absolute Gasteiger partial charge is 0.392 e. The Labute approximate surface area is 105 Å². The van der Waals surface area contributed by atoms with Crippen molar-refractivity contribution in [1.29, 1.82) is 0 Å². The molecule has 0 saturated carbocycles. The molecule has 2 unspecified atom stereocenters. The van der Waals surface area contributed by atoms with Crippen molar-refractivity contribution in [2.24, 2.45) is 0 Å². The Morgan fingerprint density at radius 2 is 1.76 bits per heavy atom. The summed E-state index contributed by atoms with van der Waals surface area (Å²) in [5.74, 6) is 0. The summed E-state index contributed by atoms with van der Waals surface area (Å²) in [5.41, 5.74) is 1.53. The number of benzene rings is 1. The summed E-state index contributed by atoms with van der Waals surface area (Å²) in [4.78, 5) is 0. The molecule has 0 bridgehead atoms. The van der Waals surface area contributed by atoms with Gasteiger partial charge in [-0.15, -0.1) is 0 Å². The molecule has 0 fully saturated rings. The fourth-order valence-electron chi connectivity index (χ4n) is 2.22. The predicted molar refractivity (Wildman–Crippen MR) is 73.2 cm³/mol. The van der Waals surface area contributed by atoms with Gasteiger partial charge in [0.2, 0.25) is 0 Å². The molecule has 0 saturated heterocycles. The van der Waals surface area contributed by atoms with Gasteiger partial charge in [0.1, 0.15) is 0 Å². The van der Waals surface area contributed by atoms with Crippen LogP contribution in [0.4, 0.5) is 0 Å². The standard InChI is InChI=1S/C15H25NO/c1-12(16-11-13(2)17)10-15(3,4)14-8-6-5-7-9-14/h5-9,12-13,16-17H,10-11H2,1-4H3. The van der Waals surface area contributed by atoms with Gasteiger partial charge in [0.05, 0.1) is 6.10 Å². The van der Waals surface area contributed by atoms with Gasteiger partial charge in [-0.2, -0.15) is 0 Å². The summed E-state index contributed by atoms with van der Waals surface area (Å²) in [5, 5.41) is 12.6. The number of hydrogen-bond donors (Lipinski definition) is 2. The first-order valence-electron chi connectivity index (χ1n) is 6.39. The molecule has 1 aromatic carbocycles. The highest BCUT2D eigenvalue weighted by atomic mass is 16.3. The van der Waals surface area contributed by atoms with Crippen LogP contribution in [0.3, 0.4) is 0 Å². The molecular weight excluding hydrogens is 210 g/mol.